The lowest BCUT2D eigenvalue weighted by Gasteiger charge is -2.25. The quantitative estimate of drug-likeness (QED) is 0.0211. The number of esters is 2. The molecular weight excluding hydrogens is 1080 g/mol. The van der Waals surface area contributed by atoms with Gasteiger partial charge in [-0.2, -0.15) is 0 Å². The number of allylic oxidation sites excluding steroid dienone is 22. The highest BCUT2D eigenvalue weighted by Crippen LogP contribution is 2.16. The third-order valence-corrected chi connectivity index (χ3v) is 14.9. The highest BCUT2D eigenvalue weighted by molar-refractivity contribution is 5.71. The van der Waals surface area contributed by atoms with Crippen LogP contribution in [0, 0.1) is 0 Å². The van der Waals surface area contributed by atoms with Crippen molar-refractivity contribution in [3.63, 3.8) is 0 Å². The van der Waals surface area contributed by atoms with Gasteiger partial charge in [-0.1, -0.05) is 289 Å². The molecule has 0 aromatic rings. The lowest BCUT2D eigenvalue weighted by atomic mass is 10.0. The second-order valence-corrected chi connectivity index (χ2v) is 24.5. The van der Waals surface area contributed by atoms with Gasteiger partial charge in [-0.3, -0.25) is 9.59 Å². The number of likely N-dealkylation sites (N-methyl/N-ethyl adjacent to an activating group) is 1. The smallest absolute Gasteiger partial charge is 0.361 e. The van der Waals surface area contributed by atoms with E-state index in [2.05, 4.69) is 148 Å². The Bertz CT molecular complexity index is 1890. The van der Waals surface area contributed by atoms with Crippen LogP contribution >= 0.6 is 0 Å². The van der Waals surface area contributed by atoms with E-state index in [0.717, 1.165) is 109 Å². The van der Waals surface area contributed by atoms with Crippen molar-refractivity contribution in [1.29, 1.82) is 0 Å². The Hall–Kier alpha value is -4.57. The molecule has 0 aromatic carbocycles. The molecule has 0 amide bonds. The van der Waals surface area contributed by atoms with E-state index in [4.69, 9.17) is 18.9 Å². The van der Waals surface area contributed by atoms with Crippen molar-refractivity contribution in [3.05, 3.63) is 134 Å². The highest BCUT2D eigenvalue weighted by Gasteiger charge is 2.25. The molecule has 2 atom stereocenters. The molecule has 0 radical (unpaired) electrons. The molecule has 0 aliphatic carbocycles. The maximum Gasteiger partial charge on any atom is 0.361 e. The summed E-state index contributed by atoms with van der Waals surface area (Å²) in [6.07, 6.45) is 94.1. The van der Waals surface area contributed by atoms with Crippen LogP contribution < -0.4 is 0 Å². The van der Waals surface area contributed by atoms with Crippen LogP contribution in [0.25, 0.3) is 0 Å². The molecule has 0 aliphatic rings. The zero-order valence-electron chi connectivity index (χ0n) is 56.6. The first kappa shape index (κ1) is 82.4. The molecule has 0 aromatic heterocycles. The van der Waals surface area contributed by atoms with Crippen molar-refractivity contribution in [2.75, 3.05) is 47.5 Å². The fraction of sp³-hybridized carbons (Fsp3) is 0.679. The lowest BCUT2D eigenvalue weighted by molar-refractivity contribution is -0.870. The van der Waals surface area contributed by atoms with Gasteiger partial charge in [0, 0.05) is 12.8 Å². The van der Waals surface area contributed by atoms with Crippen molar-refractivity contribution in [2.45, 2.75) is 296 Å². The summed E-state index contributed by atoms with van der Waals surface area (Å²) < 4.78 is 23.0. The minimum atomic E-state index is -1.52. The monoisotopic (exact) mass is 1210 g/mol. The molecule has 0 aliphatic heterocycles. The van der Waals surface area contributed by atoms with E-state index < -0.39 is 24.3 Å². The maximum atomic E-state index is 12.9. The van der Waals surface area contributed by atoms with Crippen LogP contribution in [0.3, 0.4) is 0 Å². The Morgan fingerprint density at radius 3 is 0.977 bits per heavy atom. The zero-order chi connectivity index (χ0) is 63.3. The fourth-order valence-electron chi connectivity index (χ4n) is 9.51. The molecule has 0 fully saturated rings. The summed E-state index contributed by atoms with van der Waals surface area (Å²) >= 11 is 0. The minimum absolute atomic E-state index is 0.179. The Labute approximate surface area is 535 Å². The maximum absolute atomic E-state index is 12.9. The summed E-state index contributed by atoms with van der Waals surface area (Å²) in [5, 5.41) is 9.75. The van der Waals surface area contributed by atoms with Crippen molar-refractivity contribution in [1.82, 2.24) is 0 Å². The first-order chi connectivity index (χ1) is 42.6. The van der Waals surface area contributed by atoms with Gasteiger partial charge in [-0.05, 0) is 116 Å². The summed E-state index contributed by atoms with van der Waals surface area (Å²) in [5.74, 6) is -2.02. The topological polar surface area (TPSA) is 108 Å². The second-order valence-electron chi connectivity index (χ2n) is 24.5. The molecule has 496 valence electrons. The largest absolute Gasteiger partial charge is 0.477 e. The van der Waals surface area contributed by atoms with Gasteiger partial charge in [-0.15, -0.1) is 0 Å². The number of carbonyl (C=O) groups is 3. The first-order valence-corrected chi connectivity index (χ1v) is 35.3. The molecule has 1 N–H and O–H groups in total. The van der Waals surface area contributed by atoms with Crippen molar-refractivity contribution < 1.29 is 42.9 Å². The van der Waals surface area contributed by atoms with Crippen LogP contribution in [0.4, 0.5) is 0 Å². The summed E-state index contributed by atoms with van der Waals surface area (Å²) in [6, 6.07) is 0. The number of ether oxygens (including phenoxy) is 4. The molecule has 2 unspecified atom stereocenters. The van der Waals surface area contributed by atoms with Gasteiger partial charge in [0.1, 0.15) is 13.2 Å². The van der Waals surface area contributed by atoms with Crippen LogP contribution in [0.1, 0.15) is 284 Å². The number of aliphatic carboxylic acids is 1. The van der Waals surface area contributed by atoms with Gasteiger partial charge in [0.2, 0.25) is 0 Å². The number of nitrogens with zero attached hydrogens (tertiary/aromatic N) is 1. The van der Waals surface area contributed by atoms with Crippen LogP contribution in [0.2, 0.25) is 0 Å². The Kier molecular flexibility index (Phi) is 63.8. The van der Waals surface area contributed by atoms with E-state index in [1.165, 1.54) is 141 Å². The predicted octanol–water partition coefficient (Wildman–Crippen LogP) is 22.1. The molecule has 9 nitrogen and oxygen atoms in total. The summed E-state index contributed by atoms with van der Waals surface area (Å²) in [4.78, 5) is 37.6. The third kappa shape index (κ3) is 68.8. The van der Waals surface area contributed by atoms with Gasteiger partial charge in [-0.25, -0.2) is 4.79 Å². The van der Waals surface area contributed by atoms with Crippen molar-refractivity contribution >= 4 is 17.9 Å². The number of hydrogen-bond donors (Lipinski definition) is 1. The van der Waals surface area contributed by atoms with E-state index in [0.29, 0.717) is 23.9 Å². The molecule has 9 heteroatoms. The number of carbonyl (C=O) groups excluding carboxylic acids is 2. The highest BCUT2D eigenvalue weighted by atomic mass is 16.7. The molecule has 87 heavy (non-hydrogen) atoms. The van der Waals surface area contributed by atoms with E-state index in [-0.39, 0.29) is 32.2 Å². The third-order valence-electron chi connectivity index (χ3n) is 14.9. The Morgan fingerprint density at radius 2 is 0.655 bits per heavy atom. The summed E-state index contributed by atoms with van der Waals surface area (Å²) in [7, 11) is 5.97. The van der Waals surface area contributed by atoms with Crippen LogP contribution in [-0.4, -0.2) is 87.4 Å². The molecule has 0 heterocycles. The van der Waals surface area contributed by atoms with Gasteiger partial charge in [0.25, 0.3) is 6.29 Å². The fourth-order valence-corrected chi connectivity index (χ4v) is 9.51. The van der Waals surface area contributed by atoms with Gasteiger partial charge < -0.3 is 28.5 Å². The zero-order valence-corrected chi connectivity index (χ0v) is 56.6. The predicted molar refractivity (Wildman–Crippen MR) is 373 cm³/mol. The van der Waals surface area contributed by atoms with Gasteiger partial charge in [0.05, 0.1) is 34.4 Å². The number of quaternary nitrogens is 1. The molecule has 0 saturated carbocycles. The second kappa shape index (κ2) is 67.4. The minimum Gasteiger partial charge on any atom is -0.477 e. The Balaban J connectivity index is 4.19. The summed E-state index contributed by atoms with van der Waals surface area (Å²) in [6.45, 7) is 4.75. The summed E-state index contributed by atoms with van der Waals surface area (Å²) in [5.41, 5.74) is 0. The molecule has 0 spiro atoms. The van der Waals surface area contributed by atoms with Crippen molar-refractivity contribution in [3.8, 4) is 0 Å². The SMILES string of the molecule is CC/C=C\C/C=C\C/C=C\C/C=C\C/C=C\C/C=C\C/C=C\C/C=C\C/C=C\CCCCCCCCCC(=O)OC(COC(=O)CCCCCCCCCCCCCCCCC/C=C\C/C=C\CCCCCCC)COC(OCC[N+](C)(C)C)C(=O)O. The van der Waals surface area contributed by atoms with Crippen LogP contribution in [-0.2, 0) is 33.3 Å². The number of hydrogen-bond acceptors (Lipinski definition) is 7. The van der Waals surface area contributed by atoms with Gasteiger partial charge in [0.15, 0.2) is 6.10 Å². The molecule has 0 saturated heterocycles. The number of carboxylic acids is 1. The first-order valence-electron chi connectivity index (χ1n) is 35.3. The van der Waals surface area contributed by atoms with Crippen LogP contribution in [0.5, 0.6) is 0 Å². The average Bonchev–Trinajstić information content (AvgIpc) is 3.56. The number of rotatable bonds is 64. The average molecular weight is 1210 g/mol. The number of unbranched alkanes of at least 4 members (excludes halogenated alkanes) is 27. The lowest BCUT2D eigenvalue weighted by Crippen LogP contribution is -2.40. The van der Waals surface area contributed by atoms with Crippen molar-refractivity contribution in [2.24, 2.45) is 0 Å². The molecular formula is C78H132NO8+. The van der Waals surface area contributed by atoms with Crippen LogP contribution in [0.15, 0.2) is 134 Å². The number of carboxylic acid groups (broad SMARTS) is 1. The van der Waals surface area contributed by atoms with E-state index in [1.807, 2.05) is 21.1 Å². The molecule has 0 rings (SSSR count). The Morgan fingerprint density at radius 1 is 0.356 bits per heavy atom. The van der Waals surface area contributed by atoms with E-state index in [9.17, 15) is 19.5 Å². The normalized spacial score (nSPS) is 13.5. The van der Waals surface area contributed by atoms with Gasteiger partial charge >= 0.3 is 17.9 Å². The standard InChI is InChI=1S/C78H131NO8/c1-6-8-10-12-14-16-18-20-22-24-26-28-30-32-34-35-36-37-38-39-40-41-43-45-47-49-51-53-55-57-59-61-63-65-67-69-76(81)87-74(73-86-78(77(82)83)84-71-70-79(3,4)5)72-85-75(80)68-66-64-62-60-58-56-54-52-50-48-46-44-42-33-31-29-27-25-23-21-19-17-15-13-11-9-7-2/h8,10,14,16,19-22,25-28,32,34,36-37,39-40,43,45,49,51,74,78H,6-7,9,11-13,15,17-18,23-24,29-31,33,35,38,41-42,44,46-48,50,52-73H2,1-5H3/p+1/b10-8-,16-14-,21-19-,22-20-,27-25-,28-26-,34-32-,37-36-,40-39-,45-43-,51-49-. The molecule has 0 bridgehead atoms. The van der Waals surface area contributed by atoms with E-state index >= 15 is 0 Å². The van der Waals surface area contributed by atoms with E-state index in [1.54, 1.807) is 0 Å².